The number of aromatic nitrogens is 1. The third-order valence-corrected chi connectivity index (χ3v) is 6.17. The van der Waals surface area contributed by atoms with E-state index in [1.54, 1.807) is 9.80 Å². The highest BCUT2D eigenvalue weighted by Crippen LogP contribution is 2.26. The van der Waals surface area contributed by atoms with Crippen LogP contribution in [-0.4, -0.2) is 46.2 Å². The van der Waals surface area contributed by atoms with E-state index < -0.39 is 0 Å². The van der Waals surface area contributed by atoms with E-state index in [1.165, 1.54) is 0 Å². The van der Waals surface area contributed by atoms with Gasteiger partial charge in [-0.05, 0) is 55.7 Å². The lowest BCUT2D eigenvalue weighted by atomic mass is 9.99. The number of nitrogens with zero attached hydrogens (tertiary/aromatic N) is 3. The molecule has 0 bridgehead atoms. The van der Waals surface area contributed by atoms with Crippen molar-refractivity contribution in [2.24, 2.45) is 0 Å². The first-order valence-electron chi connectivity index (χ1n) is 10.5. The Kier molecular flexibility index (Phi) is 5.96. The number of benzene rings is 2. The summed E-state index contributed by atoms with van der Waals surface area (Å²) in [6.07, 6.45) is 0.302. The first kappa shape index (κ1) is 21.3. The van der Waals surface area contributed by atoms with Gasteiger partial charge >= 0.3 is 0 Å². The van der Waals surface area contributed by atoms with E-state index in [0.29, 0.717) is 43.2 Å². The lowest BCUT2D eigenvalue weighted by Crippen LogP contribution is -2.36. The van der Waals surface area contributed by atoms with Crippen LogP contribution < -0.4 is 0 Å². The molecule has 2 heterocycles. The second-order valence-electron chi connectivity index (χ2n) is 8.24. The summed E-state index contributed by atoms with van der Waals surface area (Å²) in [5.41, 5.74) is 5.39. The number of carbonyl (C=O) groups is 2. The van der Waals surface area contributed by atoms with Crippen molar-refractivity contribution in [3.8, 4) is 0 Å². The Morgan fingerprint density at radius 3 is 2.61 bits per heavy atom. The fourth-order valence-electron chi connectivity index (χ4n) is 4.30. The standard InChI is InChI=1S/C25H26ClN3O2/c1-16-12-17(2)24-20(14-18(3)27-22(24)13-16)25(31)28-9-8-23(30)29(11-10-28)15-19-6-4-5-7-21(19)26/h4-7,12-14H,8-11,15H2,1-3H3. The molecule has 1 aliphatic rings. The summed E-state index contributed by atoms with van der Waals surface area (Å²) in [5.74, 6) is -0.00682. The van der Waals surface area contributed by atoms with Crippen LogP contribution in [0.5, 0.6) is 0 Å². The maximum absolute atomic E-state index is 13.5. The lowest BCUT2D eigenvalue weighted by molar-refractivity contribution is -0.130. The number of rotatable bonds is 3. The van der Waals surface area contributed by atoms with Crippen LogP contribution in [0.3, 0.4) is 0 Å². The van der Waals surface area contributed by atoms with Crippen molar-refractivity contribution < 1.29 is 9.59 Å². The van der Waals surface area contributed by atoms with Crippen molar-refractivity contribution in [3.05, 3.63) is 75.4 Å². The van der Waals surface area contributed by atoms with Gasteiger partial charge in [-0.25, -0.2) is 0 Å². The molecule has 1 saturated heterocycles. The Bertz CT molecular complexity index is 1170. The van der Waals surface area contributed by atoms with Gasteiger partial charge in [-0.15, -0.1) is 0 Å². The molecule has 31 heavy (non-hydrogen) atoms. The predicted molar refractivity (Wildman–Crippen MR) is 123 cm³/mol. The first-order valence-corrected chi connectivity index (χ1v) is 10.9. The predicted octanol–water partition coefficient (Wildman–Crippen LogP) is 4.69. The van der Waals surface area contributed by atoms with E-state index in [-0.39, 0.29) is 11.8 Å². The molecule has 2 amide bonds. The van der Waals surface area contributed by atoms with E-state index in [0.717, 1.165) is 33.3 Å². The fourth-order valence-corrected chi connectivity index (χ4v) is 4.49. The zero-order valence-corrected chi connectivity index (χ0v) is 18.9. The highest BCUT2D eigenvalue weighted by molar-refractivity contribution is 6.31. The van der Waals surface area contributed by atoms with E-state index in [1.807, 2.05) is 57.2 Å². The molecule has 0 saturated carbocycles. The van der Waals surface area contributed by atoms with Crippen molar-refractivity contribution in [1.29, 1.82) is 0 Å². The van der Waals surface area contributed by atoms with Gasteiger partial charge in [0.05, 0.1) is 11.1 Å². The van der Waals surface area contributed by atoms with Gasteiger partial charge in [0.1, 0.15) is 0 Å². The Morgan fingerprint density at radius 2 is 1.84 bits per heavy atom. The summed E-state index contributed by atoms with van der Waals surface area (Å²) in [6.45, 7) is 7.79. The molecule has 0 radical (unpaired) electrons. The Labute approximate surface area is 187 Å². The van der Waals surface area contributed by atoms with Crippen LogP contribution in [0, 0.1) is 20.8 Å². The van der Waals surface area contributed by atoms with Crippen molar-refractivity contribution >= 4 is 34.3 Å². The van der Waals surface area contributed by atoms with Gasteiger partial charge in [0.15, 0.2) is 0 Å². The second-order valence-corrected chi connectivity index (χ2v) is 8.64. The summed E-state index contributed by atoms with van der Waals surface area (Å²) >= 11 is 6.28. The SMILES string of the molecule is Cc1cc(C)c2c(C(=O)N3CCC(=O)N(Cc4ccccc4Cl)CC3)cc(C)nc2c1. The van der Waals surface area contributed by atoms with Crippen LogP contribution >= 0.6 is 11.6 Å². The molecule has 160 valence electrons. The van der Waals surface area contributed by atoms with Crippen molar-refractivity contribution in [2.75, 3.05) is 19.6 Å². The monoisotopic (exact) mass is 435 g/mol. The Morgan fingerprint density at radius 1 is 1.06 bits per heavy atom. The number of carbonyl (C=O) groups excluding carboxylic acids is 2. The maximum atomic E-state index is 13.5. The van der Waals surface area contributed by atoms with E-state index in [2.05, 4.69) is 11.1 Å². The molecule has 6 heteroatoms. The number of fused-ring (bicyclic) bond motifs is 1. The Balaban J connectivity index is 1.59. The molecule has 0 aliphatic carbocycles. The van der Waals surface area contributed by atoms with Crippen LogP contribution in [0.1, 0.15) is 39.2 Å². The molecular weight excluding hydrogens is 410 g/mol. The summed E-state index contributed by atoms with van der Waals surface area (Å²) in [5, 5.41) is 1.54. The number of halogens is 1. The minimum Gasteiger partial charge on any atom is -0.336 e. The smallest absolute Gasteiger partial charge is 0.254 e. The number of pyridine rings is 1. The average molecular weight is 436 g/mol. The van der Waals surface area contributed by atoms with Gasteiger partial charge in [0.25, 0.3) is 5.91 Å². The number of hydrogen-bond acceptors (Lipinski definition) is 3. The average Bonchev–Trinajstić information content (AvgIpc) is 2.90. The molecule has 5 nitrogen and oxygen atoms in total. The molecule has 1 fully saturated rings. The molecular formula is C25H26ClN3O2. The molecule has 1 aromatic heterocycles. The van der Waals surface area contributed by atoms with Gasteiger partial charge in [0, 0.05) is 48.7 Å². The second kappa shape index (κ2) is 8.67. The zero-order chi connectivity index (χ0) is 22.1. The highest BCUT2D eigenvalue weighted by atomic mass is 35.5. The summed E-state index contributed by atoms with van der Waals surface area (Å²) in [7, 11) is 0. The van der Waals surface area contributed by atoms with Crippen molar-refractivity contribution in [2.45, 2.75) is 33.7 Å². The third-order valence-electron chi connectivity index (χ3n) is 5.80. The normalized spacial score (nSPS) is 14.8. The van der Waals surface area contributed by atoms with E-state index in [9.17, 15) is 9.59 Å². The van der Waals surface area contributed by atoms with E-state index >= 15 is 0 Å². The van der Waals surface area contributed by atoms with Crippen LogP contribution in [0.2, 0.25) is 5.02 Å². The van der Waals surface area contributed by atoms with E-state index in [4.69, 9.17) is 11.6 Å². The van der Waals surface area contributed by atoms with Gasteiger partial charge in [-0.1, -0.05) is 35.9 Å². The van der Waals surface area contributed by atoms with Gasteiger partial charge in [-0.3, -0.25) is 14.6 Å². The van der Waals surface area contributed by atoms with Crippen LogP contribution in [-0.2, 0) is 11.3 Å². The molecule has 0 N–H and O–H groups in total. The summed E-state index contributed by atoms with van der Waals surface area (Å²) in [4.78, 5) is 34.5. The maximum Gasteiger partial charge on any atom is 0.254 e. The summed E-state index contributed by atoms with van der Waals surface area (Å²) in [6, 6.07) is 13.5. The van der Waals surface area contributed by atoms with Gasteiger partial charge in [0.2, 0.25) is 5.91 Å². The molecule has 4 rings (SSSR count). The van der Waals surface area contributed by atoms with Crippen LogP contribution in [0.25, 0.3) is 10.9 Å². The molecule has 0 unspecified atom stereocenters. The Hall–Kier alpha value is -2.92. The van der Waals surface area contributed by atoms with Gasteiger partial charge in [-0.2, -0.15) is 0 Å². The van der Waals surface area contributed by atoms with Crippen LogP contribution in [0.4, 0.5) is 0 Å². The van der Waals surface area contributed by atoms with Crippen LogP contribution in [0.15, 0.2) is 42.5 Å². The topological polar surface area (TPSA) is 53.5 Å². The quantitative estimate of drug-likeness (QED) is 0.599. The number of hydrogen-bond donors (Lipinski definition) is 0. The van der Waals surface area contributed by atoms with Crippen molar-refractivity contribution in [1.82, 2.24) is 14.8 Å². The number of aryl methyl sites for hydroxylation is 3. The fraction of sp³-hybridized carbons (Fsp3) is 0.320. The largest absolute Gasteiger partial charge is 0.336 e. The lowest BCUT2D eigenvalue weighted by Gasteiger charge is -2.23. The van der Waals surface area contributed by atoms with Crippen molar-refractivity contribution in [3.63, 3.8) is 0 Å². The minimum atomic E-state index is -0.0464. The molecule has 0 spiro atoms. The minimum absolute atomic E-state index is 0.0396. The molecule has 0 atom stereocenters. The first-order chi connectivity index (χ1) is 14.8. The number of amides is 2. The zero-order valence-electron chi connectivity index (χ0n) is 18.1. The molecule has 2 aromatic carbocycles. The third kappa shape index (κ3) is 4.42. The summed E-state index contributed by atoms with van der Waals surface area (Å²) < 4.78 is 0. The highest BCUT2D eigenvalue weighted by Gasteiger charge is 2.26. The molecule has 3 aromatic rings. The van der Waals surface area contributed by atoms with Gasteiger partial charge < -0.3 is 9.80 Å². The molecule has 1 aliphatic heterocycles.